The van der Waals surface area contributed by atoms with Gasteiger partial charge >= 0.3 is 5.97 Å². The normalized spacial score (nSPS) is 17.9. The summed E-state index contributed by atoms with van der Waals surface area (Å²) in [5.74, 6) is -1.09. The van der Waals surface area contributed by atoms with Crippen molar-refractivity contribution in [3.8, 4) is 0 Å². The van der Waals surface area contributed by atoms with Gasteiger partial charge in [0.05, 0.1) is 5.41 Å². The number of amides is 1. The molecule has 16 heavy (non-hydrogen) atoms. The molecular weight excluding hydrogens is 206 g/mol. The van der Waals surface area contributed by atoms with E-state index in [0.717, 1.165) is 6.42 Å². The number of hydrogen-bond acceptors (Lipinski definition) is 2. The third-order valence-corrected chi connectivity index (χ3v) is 3.55. The fraction of sp³-hybridized carbons (Fsp3) is 0.833. The zero-order valence-corrected chi connectivity index (χ0v) is 10.3. The number of carbonyl (C=O) groups excluding carboxylic acids is 1. The van der Waals surface area contributed by atoms with Gasteiger partial charge in [0, 0.05) is 13.0 Å². The van der Waals surface area contributed by atoms with Crippen molar-refractivity contribution in [1.82, 2.24) is 5.32 Å². The molecule has 1 rings (SSSR count). The van der Waals surface area contributed by atoms with Gasteiger partial charge in [0.15, 0.2) is 0 Å². The van der Waals surface area contributed by atoms with Gasteiger partial charge in [0.25, 0.3) is 0 Å². The Morgan fingerprint density at radius 2 is 1.94 bits per heavy atom. The second kappa shape index (κ2) is 4.44. The van der Waals surface area contributed by atoms with Crippen LogP contribution in [-0.4, -0.2) is 23.5 Å². The first-order chi connectivity index (χ1) is 7.31. The van der Waals surface area contributed by atoms with Crippen molar-refractivity contribution in [1.29, 1.82) is 0 Å². The lowest BCUT2D eigenvalue weighted by molar-refractivity contribution is -0.149. The molecule has 0 heterocycles. The quantitative estimate of drug-likeness (QED) is 0.727. The number of carboxylic acid groups (broad SMARTS) is 1. The van der Waals surface area contributed by atoms with Crippen LogP contribution in [0.1, 0.15) is 46.5 Å². The topological polar surface area (TPSA) is 66.4 Å². The fourth-order valence-electron chi connectivity index (χ4n) is 1.66. The Hall–Kier alpha value is -1.06. The highest BCUT2D eigenvalue weighted by molar-refractivity contribution is 5.84. The minimum absolute atomic E-state index is 0.0438. The molecule has 0 unspecified atom stereocenters. The molecule has 0 radical (unpaired) electrons. The predicted molar refractivity (Wildman–Crippen MR) is 61.0 cm³/mol. The second-order valence-corrected chi connectivity index (χ2v) is 5.50. The summed E-state index contributed by atoms with van der Waals surface area (Å²) in [4.78, 5) is 22.4. The summed E-state index contributed by atoms with van der Waals surface area (Å²) in [6.45, 7) is 5.96. The molecule has 0 aromatic rings. The van der Waals surface area contributed by atoms with E-state index in [4.69, 9.17) is 5.11 Å². The molecule has 1 amide bonds. The molecule has 0 atom stereocenters. The molecule has 1 aliphatic rings. The zero-order valence-electron chi connectivity index (χ0n) is 10.3. The largest absolute Gasteiger partial charge is 0.481 e. The maximum absolute atomic E-state index is 11.6. The highest BCUT2D eigenvalue weighted by Crippen LogP contribution is 2.47. The minimum atomic E-state index is -0.979. The Morgan fingerprint density at radius 3 is 2.31 bits per heavy atom. The van der Waals surface area contributed by atoms with E-state index in [1.165, 1.54) is 12.8 Å². The number of aliphatic carboxylic acids is 1. The number of carbonyl (C=O) groups is 2. The van der Waals surface area contributed by atoms with E-state index >= 15 is 0 Å². The van der Waals surface area contributed by atoms with Crippen molar-refractivity contribution in [2.75, 3.05) is 6.54 Å². The summed E-state index contributed by atoms with van der Waals surface area (Å²) >= 11 is 0. The first-order valence-electron chi connectivity index (χ1n) is 5.81. The molecule has 0 bridgehead atoms. The van der Waals surface area contributed by atoms with Gasteiger partial charge in [0.2, 0.25) is 5.91 Å². The smallest absolute Gasteiger partial charge is 0.309 e. The number of rotatable bonds is 6. The van der Waals surface area contributed by atoms with Gasteiger partial charge in [-0.05, 0) is 38.5 Å². The molecule has 0 aromatic carbocycles. The lowest BCUT2D eigenvalue weighted by Gasteiger charge is -2.19. The van der Waals surface area contributed by atoms with Crippen LogP contribution >= 0.6 is 0 Å². The molecule has 0 aliphatic heterocycles. The van der Waals surface area contributed by atoms with E-state index in [9.17, 15) is 9.59 Å². The molecule has 1 aliphatic carbocycles. The SMILES string of the molecule is CCC1(CNC(=O)CC(C)(C)C(=O)O)CC1. The average molecular weight is 227 g/mol. The Bertz CT molecular complexity index is 293. The van der Waals surface area contributed by atoms with Gasteiger partial charge in [-0.2, -0.15) is 0 Å². The van der Waals surface area contributed by atoms with Crippen LogP contribution in [0.5, 0.6) is 0 Å². The predicted octanol–water partition coefficient (Wildman–Crippen LogP) is 1.79. The fourth-order valence-corrected chi connectivity index (χ4v) is 1.66. The van der Waals surface area contributed by atoms with Crippen LogP contribution in [0.3, 0.4) is 0 Å². The van der Waals surface area contributed by atoms with E-state index < -0.39 is 11.4 Å². The van der Waals surface area contributed by atoms with Gasteiger partial charge in [-0.25, -0.2) is 0 Å². The van der Waals surface area contributed by atoms with Crippen LogP contribution in [0, 0.1) is 10.8 Å². The molecule has 0 saturated heterocycles. The summed E-state index contributed by atoms with van der Waals surface area (Å²) in [6, 6.07) is 0. The summed E-state index contributed by atoms with van der Waals surface area (Å²) in [5.41, 5.74) is -0.671. The molecule has 2 N–H and O–H groups in total. The van der Waals surface area contributed by atoms with Crippen LogP contribution in [0.15, 0.2) is 0 Å². The Labute approximate surface area is 96.4 Å². The van der Waals surface area contributed by atoms with Gasteiger partial charge in [-0.15, -0.1) is 0 Å². The van der Waals surface area contributed by atoms with Crippen molar-refractivity contribution in [2.24, 2.45) is 10.8 Å². The first kappa shape index (κ1) is 13.0. The Balaban J connectivity index is 2.34. The summed E-state index contributed by atoms with van der Waals surface area (Å²) in [7, 11) is 0. The molecule has 0 spiro atoms. The van der Waals surface area contributed by atoms with Gasteiger partial charge < -0.3 is 10.4 Å². The molecule has 92 valence electrons. The molecular formula is C12H21NO3. The maximum atomic E-state index is 11.6. The number of nitrogens with one attached hydrogen (secondary N) is 1. The van der Waals surface area contributed by atoms with Gasteiger partial charge in [-0.3, -0.25) is 9.59 Å². The molecule has 4 heteroatoms. The Morgan fingerprint density at radius 1 is 1.38 bits per heavy atom. The first-order valence-corrected chi connectivity index (χ1v) is 5.81. The van der Waals surface area contributed by atoms with Gasteiger partial charge in [0.1, 0.15) is 0 Å². The van der Waals surface area contributed by atoms with E-state index in [-0.39, 0.29) is 12.3 Å². The minimum Gasteiger partial charge on any atom is -0.481 e. The third-order valence-electron chi connectivity index (χ3n) is 3.55. The maximum Gasteiger partial charge on any atom is 0.309 e. The zero-order chi connectivity index (χ0) is 12.4. The summed E-state index contributed by atoms with van der Waals surface area (Å²) in [6.07, 6.45) is 3.47. The van der Waals surface area contributed by atoms with Crippen molar-refractivity contribution < 1.29 is 14.7 Å². The van der Waals surface area contributed by atoms with Crippen LogP contribution in [0.25, 0.3) is 0 Å². The summed E-state index contributed by atoms with van der Waals surface area (Å²) < 4.78 is 0. The van der Waals surface area contributed by atoms with Crippen molar-refractivity contribution in [3.63, 3.8) is 0 Å². The van der Waals surface area contributed by atoms with E-state index in [1.54, 1.807) is 13.8 Å². The van der Waals surface area contributed by atoms with E-state index in [2.05, 4.69) is 12.2 Å². The number of carboxylic acids is 1. The molecule has 1 fully saturated rings. The lowest BCUT2D eigenvalue weighted by atomic mass is 9.89. The highest BCUT2D eigenvalue weighted by Gasteiger charge is 2.41. The Kier molecular flexibility index (Phi) is 3.61. The molecule has 4 nitrogen and oxygen atoms in total. The van der Waals surface area contributed by atoms with Crippen LogP contribution < -0.4 is 5.32 Å². The van der Waals surface area contributed by atoms with E-state index in [1.807, 2.05) is 0 Å². The summed E-state index contributed by atoms with van der Waals surface area (Å²) in [5, 5.41) is 11.7. The standard InChI is InChI=1S/C12H21NO3/c1-4-12(5-6-12)8-13-9(14)7-11(2,3)10(15)16/h4-8H2,1-3H3,(H,13,14)(H,15,16). The van der Waals surface area contributed by atoms with Crippen molar-refractivity contribution in [3.05, 3.63) is 0 Å². The number of hydrogen-bond donors (Lipinski definition) is 2. The van der Waals surface area contributed by atoms with Gasteiger partial charge in [-0.1, -0.05) is 6.92 Å². The highest BCUT2D eigenvalue weighted by atomic mass is 16.4. The lowest BCUT2D eigenvalue weighted by Crippen LogP contribution is -2.36. The average Bonchev–Trinajstić information content (AvgIpc) is 2.94. The van der Waals surface area contributed by atoms with Crippen LogP contribution in [0.4, 0.5) is 0 Å². The van der Waals surface area contributed by atoms with Crippen LogP contribution in [0.2, 0.25) is 0 Å². The van der Waals surface area contributed by atoms with Crippen molar-refractivity contribution >= 4 is 11.9 Å². The van der Waals surface area contributed by atoms with E-state index in [0.29, 0.717) is 12.0 Å². The third kappa shape index (κ3) is 3.22. The van der Waals surface area contributed by atoms with Crippen LogP contribution in [-0.2, 0) is 9.59 Å². The second-order valence-electron chi connectivity index (χ2n) is 5.50. The molecule has 1 saturated carbocycles. The molecule has 0 aromatic heterocycles. The monoisotopic (exact) mass is 227 g/mol. The van der Waals surface area contributed by atoms with Crippen molar-refractivity contribution in [2.45, 2.75) is 46.5 Å².